The minimum atomic E-state index is -4.39. The van der Waals surface area contributed by atoms with E-state index in [2.05, 4.69) is 4.98 Å². The van der Waals surface area contributed by atoms with Gasteiger partial charge >= 0.3 is 12.1 Å². The molecule has 1 heterocycles. The second-order valence-corrected chi connectivity index (χ2v) is 4.87. The lowest BCUT2D eigenvalue weighted by Crippen LogP contribution is -2.07. The van der Waals surface area contributed by atoms with Gasteiger partial charge in [0.25, 0.3) is 0 Å². The van der Waals surface area contributed by atoms with Crippen LogP contribution in [0.4, 0.5) is 13.2 Å². The highest BCUT2D eigenvalue weighted by Gasteiger charge is 2.30. The molecule has 0 radical (unpaired) electrons. The first kappa shape index (κ1) is 15.3. The Morgan fingerprint density at radius 3 is 2.38 bits per heavy atom. The lowest BCUT2D eigenvalue weighted by atomic mass is 10.1. The molecule has 4 nitrogen and oxygen atoms in total. The van der Waals surface area contributed by atoms with Crippen molar-refractivity contribution in [3.05, 3.63) is 51.6 Å². The van der Waals surface area contributed by atoms with Gasteiger partial charge < -0.3 is 14.7 Å². The molecule has 0 unspecified atom stereocenters. The fourth-order valence-corrected chi connectivity index (χ4v) is 2.15. The molecule has 2 N–H and O–H groups in total. The Morgan fingerprint density at radius 2 is 1.90 bits per heavy atom. The number of rotatable bonds is 3. The molecule has 0 saturated carbocycles. The van der Waals surface area contributed by atoms with Gasteiger partial charge in [-0.2, -0.15) is 13.2 Å². The highest BCUT2D eigenvalue weighted by atomic mass is 32.1. The Kier molecular flexibility index (Phi) is 3.91. The van der Waals surface area contributed by atoms with Gasteiger partial charge in [0.15, 0.2) is 4.77 Å². The number of halogens is 3. The van der Waals surface area contributed by atoms with Crippen molar-refractivity contribution in [2.75, 3.05) is 0 Å². The number of nitrogens with zero attached hydrogens (tertiary/aromatic N) is 1. The number of alkyl halides is 3. The fourth-order valence-electron chi connectivity index (χ4n) is 1.94. The molecule has 8 heteroatoms. The largest absolute Gasteiger partial charge is 0.477 e. The SMILES string of the molecule is Cn1c(Cc2ccc(C(F)(F)F)cc2)c(C(=O)O)[nH]c1=S. The molecule has 0 aliphatic heterocycles. The molecular weight excluding hydrogens is 305 g/mol. The first-order valence-corrected chi connectivity index (χ1v) is 6.28. The van der Waals surface area contributed by atoms with Crippen LogP contribution in [0, 0.1) is 4.77 Å². The van der Waals surface area contributed by atoms with Crippen LogP contribution in [0.25, 0.3) is 0 Å². The van der Waals surface area contributed by atoms with E-state index in [0.29, 0.717) is 11.3 Å². The van der Waals surface area contributed by atoms with Gasteiger partial charge in [0, 0.05) is 13.5 Å². The van der Waals surface area contributed by atoms with Crippen molar-refractivity contribution in [1.29, 1.82) is 0 Å². The summed E-state index contributed by atoms with van der Waals surface area (Å²) in [7, 11) is 1.60. The van der Waals surface area contributed by atoms with Crippen LogP contribution in [0.3, 0.4) is 0 Å². The summed E-state index contributed by atoms with van der Waals surface area (Å²) in [5, 5.41) is 9.09. The molecule has 0 fully saturated rings. The number of carboxylic acids is 1. The van der Waals surface area contributed by atoms with E-state index in [-0.39, 0.29) is 16.9 Å². The number of hydrogen-bond acceptors (Lipinski definition) is 2. The van der Waals surface area contributed by atoms with E-state index in [9.17, 15) is 18.0 Å². The fraction of sp³-hybridized carbons (Fsp3) is 0.231. The topological polar surface area (TPSA) is 58.0 Å². The van der Waals surface area contributed by atoms with E-state index in [0.717, 1.165) is 12.1 Å². The Hall–Kier alpha value is -2.09. The van der Waals surface area contributed by atoms with E-state index in [1.807, 2.05) is 0 Å². The molecule has 0 bridgehead atoms. The van der Waals surface area contributed by atoms with Crippen LogP contribution in [0.5, 0.6) is 0 Å². The van der Waals surface area contributed by atoms with E-state index >= 15 is 0 Å². The minimum Gasteiger partial charge on any atom is -0.477 e. The summed E-state index contributed by atoms with van der Waals surface area (Å²) in [5.74, 6) is -1.16. The average molecular weight is 316 g/mol. The van der Waals surface area contributed by atoms with Crippen LogP contribution in [0.1, 0.15) is 27.3 Å². The van der Waals surface area contributed by atoms with Crippen LogP contribution >= 0.6 is 12.2 Å². The van der Waals surface area contributed by atoms with Gasteiger partial charge in [0.1, 0.15) is 5.69 Å². The van der Waals surface area contributed by atoms with Crippen molar-refractivity contribution >= 4 is 18.2 Å². The quantitative estimate of drug-likeness (QED) is 0.853. The predicted octanol–water partition coefficient (Wildman–Crippen LogP) is 3.39. The third-order valence-electron chi connectivity index (χ3n) is 3.10. The number of imidazole rings is 1. The monoisotopic (exact) mass is 316 g/mol. The zero-order chi connectivity index (χ0) is 15.8. The van der Waals surface area contributed by atoms with Gasteiger partial charge in [-0.05, 0) is 29.9 Å². The lowest BCUT2D eigenvalue weighted by Gasteiger charge is -2.08. The number of aromatic carboxylic acids is 1. The second kappa shape index (κ2) is 5.36. The first-order chi connectivity index (χ1) is 9.70. The van der Waals surface area contributed by atoms with Crippen molar-refractivity contribution in [3.63, 3.8) is 0 Å². The molecule has 0 atom stereocenters. The zero-order valence-corrected chi connectivity index (χ0v) is 11.7. The van der Waals surface area contributed by atoms with Crippen molar-refractivity contribution in [2.45, 2.75) is 12.6 Å². The summed E-state index contributed by atoms with van der Waals surface area (Å²) >= 11 is 4.96. The van der Waals surface area contributed by atoms with Gasteiger partial charge in [-0.25, -0.2) is 4.79 Å². The molecule has 112 valence electrons. The molecule has 0 aliphatic rings. The van der Waals surface area contributed by atoms with Crippen molar-refractivity contribution in [1.82, 2.24) is 9.55 Å². The number of H-pyrrole nitrogens is 1. The normalized spacial score (nSPS) is 11.6. The van der Waals surface area contributed by atoms with Crippen molar-refractivity contribution in [2.24, 2.45) is 7.05 Å². The van der Waals surface area contributed by atoms with Crippen LogP contribution in [-0.2, 0) is 19.6 Å². The van der Waals surface area contributed by atoms with Gasteiger partial charge in [0.05, 0.1) is 11.3 Å². The number of aromatic nitrogens is 2. The second-order valence-electron chi connectivity index (χ2n) is 4.49. The maximum absolute atomic E-state index is 12.5. The molecule has 0 aliphatic carbocycles. The molecule has 2 rings (SSSR count). The predicted molar refractivity (Wildman–Crippen MR) is 71.8 cm³/mol. The molecule has 0 saturated heterocycles. The lowest BCUT2D eigenvalue weighted by molar-refractivity contribution is -0.137. The number of aromatic amines is 1. The highest BCUT2D eigenvalue weighted by molar-refractivity contribution is 7.71. The molecule has 1 aromatic carbocycles. The summed E-state index contributed by atoms with van der Waals surface area (Å²) in [6.07, 6.45) is -4.22. The highest BCUT2D eigenvalue weighted by Crippen LogP contribution is 2.29. The zero-order valence-electron chi connectivity index (χ0n) is 10.9. The van der Waals surface area contributed by atoms with Crippen LogP contribution < -0.4 is 0 Å². The van der Waals surface area contributed by atoms with E-state index in [4.69, 9.17) is 17.3 Å². The molecule has 1 aromatic heterocycles. The number of benzene rings is 1. The van der Waals surface area contributed by atoms with Crippen molar-refractivity contribution in [3.8, 4) is 0 Å². The number of hydrogen-bond donors (Lipinski definition) is 2. The van der Waals surface area contributed by atoms with Crippen LogP contribution in [0.15, 0.2) is 24.3 Å². The molecular formula is C13H11F3N2O2S. The first-order valence-electron chi connectivity index (χ1n) is 5.87. The van der Waals surface area contributed by atoms with Gasteiger partial charge in [-0.3, -0.25) is 0 Å². The number of nitrogens with one attached hydrogen (secondary N) is 1. The van der Waals surface area contributed by atoms with Gasteiger partial charge in [-0.15, -0.1) is 0 Å². The smallest absolute Gasteiger partial charge is 0.416 e. The third kappa shape index (κ3) is 3.15. The maximum atomic E-state index is 12.5. The van der Waals surface area contributed by atoms with E-state index < -0.39 is 17.7 Å². The van der Waals surface area contributed by atoms with Crippen LogP contribution in [0.2, 0.25) is 0 Å². The summed E-state index contributed by atoms with van der Waals surface area (Å²) < 4.78 is 39.2. The Morgan fingerprint density at radius 1 is 1.33 bits per heavy atom. The van der Waals surface area contributed by atoms with E-state index in [1.165, 1.54) is 16.7 Å². The average Bonchev–Trinajstić information content (AvgIpc) is 2.67. The van der Waals surface area contributed by atoms with Crippen LogP contribution in [-0.4, -0.2) is 20.6 Å². The summed E-state index contributed by atoms with van der Waals surface area (Å²) in [5.41, 5.74) is 0.178. The summed E-state index contributed by atoms with van der Waals surface area (Å²) in [6, 6.07) is 4.59. The Labute approximate surface area is 122 Å². The summed E-state index contributed by atoms with van der Waals surface area (Å²) in [6.45, 7) is 0. The molecule has 2 aromatic rings. The van der Waals surface area contributed by atoms with Gasteiger partial charge in [-0.1, -0.05) is 12.1 Å². The molecule has 21 heavy (non-hydrogen) atoms. The van der Waals surface area contributed by atoms with Crippen molar-refractivity contribution < 1.29 is 23.1 Å². The Bertz CT molecular complexity index is 729. The number of carboxylic acid groups (broad SMARTS) is 1. The molecule has 0 amide bonds. The van der Waals surface area contributed by atoms with Gasteiger partial charge in [0.2, 0.25) is 0 Å². The molecule has 0 spiro atoms. The maximum Gasteiger partial charge on any atom is 0.416 e. The Balaban J connectivity index is 2.35. The summed E-state index contributed by atoms with van der Waals surface area (Å²) in [4.78, 5) is 13.7. The minimum absolute atomic E-state index is 0.0533. The van der Waals surface area contributed by atoms with E-state index in [1.54, 1.807) is 7.05 Å². The standard InChI is InChI=1S/C13H11F3N2O2S/c1-18-9(10(11(19)20)17-12(18)21)6-7-2-4-8(5-3-7)13(14,15)16/h2-5H,6H2,1H3,(H,17,21)(H,19,20). The third-order valence-corrected chi connectivity index (χ3v) is 3.47. The number of carbonyl (C=O) groups is 1.